The van der Waals surface area contributed by atoms with Gasteiger partial charge >= 0.3 is 0 Å². The molecule has 0 aliphatic rings. The molecule has 0 saturated heterocycles. The third-order valence-electron chi connectivity index (χ3n) is 3.16. The van der Waals surface area contributed by atoms with Crippen molar-refractivity contribution in [3.63, 3.8) is 0 Å². The molecule has 0 radical (unpaired) electrons. The van der Waals surface area contributed by atoms with Gasteiger partial charge in [0.25, 0.3) is 0 Å². The Morgan fingerprint density at radius 1 is 1.30 bits per heavy atom. The quantitative estimate of drug-likeness (QED) is 0.820. The fourth-order valence-electron chi connectivity index (χ4n) is 2.04. The second-order valence-electron chi connectivity index (χ2n) is 4.88. The first-order chi connectivity index (χ1) is 10.8. The van der Waals surface area contributed by atoms with E-state index in [4.69, 9.17) is 9.88 Å². The van der Waals surface area contributed by atoms with Crippen molar-refractivity contribution in [2.24, 2.45) is 10.1 Å². The predicted molar refractivity (Wildman–Crippen MR) is 89.1 cm³/mol. The molecule has 0 bridgehead atoms. The highest BCUT2D eigenvalue weighted by atomic mass is 32.2. The highest BCUT2D eigenvalue weighted by Gasteiger charge is 2.12. The van der Waals surface area contributed by atoms with E-state index >= 15 is 0 Å². The van der Waals surface area contributed by atoms with Crippen LogP contribution < -0.4 is 9.88 Å². The number of phenols is 1. The Kier molecular flexibility index (Phi) is 5.02. The van der Waals surface area contributed by atoms with Crippen LogP contribution in [0.1, 0.15) is 18.1 Å². The van der Waals surface area contributed by atoms with Gasteiger partial charge in [0.05, 0.1) is 17.2 Å². The average Bonchev–Trinajstić information content (AvgIpc) is 2.48. The van der Waals surface area contributed by atoms with Crippen LogP contribution in [0.3, 0.4) is 0 Å². The van der Waals surface area contributed by atoms with Gasteiger partial charge in [0.15, 0.2) is 11.5 Å². The number of benzene rings is 2. The topological polar surface area (TPSA) is 102 Å². The summed E-state index contributed by atoms with van der Waals surface area (Å²) < 4.78 is 28.3. The van der Waals surface area contributed by atoms with E-state index in [1.807, 2.05) is 6.92 Å². The van der Waals surface area contributed by atoms with Gasteiger partial charge in [0.2, 0.25) is 10.0 Å². The van der Waals surface area contributed by atoms with E-state index in [2.05, 4.69) is 4.99 Å². The van der Waals surface area contributed by atoms with E-state index in [9.17, 15) is 13.5 Å². The van der Waals surface area contributed by atoms with Crippen molar-refractivity contribution in [1.29, 1.82) is 0 Å². The highest BCUT2D eigenvalue weighted by Crippen LogP contribution is 2.29. The van der Waals surface area contributed by atoms with Gasteiger partial charge in [-0.25, -0.2) is 13.6 Å². The van der Waals surface area contributed by atoms with Crippen LogP contribution in [0, 0.1) is 6.92 Å². The molecule has 0 aliphatic heterocycles. The molecule has 0 unspecified atom stereocenters. The van der Waals surface area contributed by atoms with Crippen LogP contribution >= 0.6 is 0 Å². The average molecular weight is 334 g/mol. The molecule has 122 valence electrons. The summed E-state index contributed by atoms with van der Waals surface area (Å²) in [5, 5.41) is 15.3. The van der Waals surface area contributed by atoms with Gasteiger partial charge in [0.1, 0.15) is 0 Å². The lowest BCUT2D eigenvalue weighted by Crippen LogP contribution is -2.13. The van der Waals surface area contributed by atoms with E-state index in [-0.39, 0.29) is 10.6 Å². The van der Waals surface area contributed by atoms with Gasteiger partial charge < -0.3 is 9.84 Å². The normalized spacial score (nSPS) is 11.8. The summed E-state index contributed by atoms with van der Waals surface area (Å²) in [7, 11) is -3.80. The number of primary sulfonamides is 1. The Balaban J connectivity index is 2.36. The van der Waals surface area contributed by atoms with Crippen LogP contribution in [0.15, 0.2) is 46.3 Å². The smallest absolute Gasteiger partial charge is 0.238 e. The third kappa shape index (κ3) is 4.08. The number of aryl methyl sites for hydroxylation is 1. The molecule has 0 atom stereocenters. The summed E-state index contributed by atoms with van der Waals surface area (Å²) >= 11 is 0. The molecular weight excluding hydrogens is 316 g/mol. The largest absolute Gasteiger partial charge is 0.504 e. The number of aliphatic imine (C=N–C) groups is 1. The maximum atomic E-state index is 11.5. The Bertz CT molecular complexity index is 845. The number of aromatic hydroxyl groups is 1. The van der Waals surface area contributed by atoms with Gasteiger partial charge in [-0.1, -0.05) is 12.1 Å². The number of hydrogen-bond acceptors (Lipinski definition) is 5. The van der Waals surface area contributed by atoms with E-state index in [1.165, 1.54) is 12.3 Å². The second kappa shape index (κ2) is 6.80. The molecule has 0 amide bonds. The van der Waals surface area contributed by atoms with E-state index in [0.29, 0.717) is 29.2 Å². The molecule has 0 spiro atoms. The van der Waals surface area contributed by atoms with Crippen LogP contribution in [0.25, 0.3) is 0 Å². The SMILES string of the molecule is CCOc1cccc(C=Nc2ccc(C)c(S(N)(=O)=O)c2)c1O. The third-order valence-corrected chi connectivity index (χ3v) is 4.21. The van der Waals surface area contributed by atoms with E-state index < -0.39 is 10.0 Å². The molecule has 0 fully saturated rings. The predicted octanol–water partition coefficient (Wildman–Crippen LogP) is 2.50. The lowest BCUT2D eigenvalue weighted by atomic mass is 10.2. The Labute approximate surface area is 135 Å². The van der Waals surface area contributed by atoms with Crippen LogP contribution in [-0.2, 0) is 10.0 Å². The Morgan fingerprint density at radius 3 is 2.70 bits per heavy atom. The minimum Gasteiger partial charge on any atom is -0.504 e. The summed E-state index contributed by atoms with van der Waals surface area (Å²) in [4.78, 5) is 4.22. The highest BCUT2D eigenvalue weighted by molar-refractivity contribution is 7.89. The number of nitrogens with zero attached hydrogens (tertiary/aromatic N) is 1. The van der Waals surface area contributed by atoms with Crippen LogP contribution in [0.5, 0.6) is 11.5 Å². The lowest BCUT2D eigenvalue weighted by molar-refractivity contribution is 0.318. The van der Waals surface area contributed by atoms with Crippen LogP contribution in [0.2, 0.25) is 0 Å². The fourth-order valence-corrected chi connectivity index (χ4v) is 2.84. The number of rotatable bonds is 5. The van der Waals surface area contributed by atoms with Gasteiger partial charge in [0, 0.05) is 11.8 Å². The summed E-state index contributed by atoms with van der Waals surface area (Å²) in [6, 6.07) is 9.76. The molecule has 6 nitrogen and oxygen atoms in total. The molecule has 0 saturated carbocycles. The van der Waals surface area contributed by atoms with Crippen LogP contribution in [-0.4, -0.2) is 26.3 Å². The van der Waals surface area contributed by atoms with E-state index in [0.717, 1.165) is 0 Å². The van der Waals surface area contributed by atoms with Crippen molar-refractivity contribution in [2.75, 3.05) is 6.61 Å². The Hall–Kier alpha value is -2.38. The molecule has 0 heterocycles. The second-order valence-corrected chi connectivity index (χ2v) is 6.41. The van der Waals surface area contributed by atoms with Crippen molar-refractivity contribution in [2.45, 2.75) is 18.7 Å². The van der Waals surface area contributed by atoms with Crippen molar-refractivity contribution in [3.05, 3.63) is 47.5 Å². The maximum absolute atomic E-state index is 11.5. The molecule has 7 heteroatoms. The van der Waals surface area contributed by atoms with Crippen molar-refractivity contribution in [3.8, 4) is 11.5 Å². The standard InChI is InChI=1S/C16H18N2O4S/c1-3-22-14-6-4-5-12(16(14)19)10-18-13-8-7-11(2)15(9-13)23(17,20)21/h4-10,19H,3H2,1-2H3,(H2,17,20,21). The van der Waals surface area contributed by atoms with Gasteiger partial charge in [-0.3, -0.25) is 4.99 Å². The van der Waals surface area contributed by atoms with Crippen molar-refractivity contribution >= 4 is 21.9 Å². The first kappa shape index (κ1) is 17.0. The monoisotopic (exact) mass is 334 g/mol. The molecular formula is C16H18N2O4S. The first-order valence-corrected chi connectivity index (χ1v) is 8.50. The molecule has 2 aromatic rings. The van der Waals surface area contributed by atoms with Crippen LogP contribution in [0.4, 0.5) is 5.69 Å². The minimum absolute atomic E-state index is 0.0168. The zero-order valence-corrected chi connectivity index (χ0v) is 13.7. The van der Waals surface area contributed by atoms with Gasteiger partial charge in [-0.15, -0.1) is 0 Å². The number of hydrogen-bond donors (Lipinski definition) is 2. The summed E-state index contributed by atoms with van der Waals surface area (Å²) in [5.41, 5.74) is 1.43. The first-order valence-electron chi connectivity index (χ1n) is 6.95. The van der Waals surface area contributed by atoms with Crippen molar-refractivity contribution < 1.29 is 18.3 Å². The molecule has 0 aromatic heterocycles. The molecule has 0 aliphatic carbocycles. The number of sulfonamides is 1. The number of nitrogens with two attached hydrogens (primary N) is 1. The molecule has 2 aromatic carbocycles. The van der Waals surface area contributed by atoms with E-state index in [1.54, 1.807) is 37.3 Å². The lowest BCUT2D eigenvalue weighted by Gasteiger charge is -2.07. The summed E-state index contributed by atoms with van der Waals surface area (Å²) in [6.07, 6.45) is 1.44. The summed E-state index contributed by atoms with van der Waals surface area (Å²) in [6.45, 7) is 3.91. The number of para-hydroxylation sites is 1. The van der Waals surface area contributed by atoms with Gasteiger partial charge in [-0.2, -0.15) is 0 Å². The molecule has 3 N–H and O–H groups in total. The number of phenolic OH excluding ortho intramolecular Hbond substituents is 1. The maximum Gasteiger partial charge on any atom is 0.238 e. The van der Waals surface area contributed by atoms with Gasteiger partial charge in [-0.05, 0) is 43.7 Å². The minimum atomic E-state index is -3.80. The zero-order valence-electron chi connectivity index (χ0n) is 12.9. The molecule has 2 rings (SSSR count). The zero-order chi connectivity index (χ0) is 17.0. The summed E-state index contributed by atoms with van der Waals surface area (Å²) in [5.74, 6) is 0.350. The number of ether oxygens (including phenoxy) is 1. The molecule has 23 heavy (non-hydrogen) atoms. The Morgan fingerprint density at radius 2 is 2.04 bits per heavy atom. The van der Waals surface area contributed by atoms with Crippen molar-refractivity contribution in [1.82, 2.24) is 0 Å². The fraction of sp³-hybridized carbons (Fsp3) is 0.188.